The minimum absolute atomic E-state index is 0.0703. The Morgan fingerprint density at radius 1 is 1.35 bits per heavy atom. The standard InChI is InChI=1S/C12H15BrN2O2/c1-8-9(12(17)14-2)4-3-5-10(8)15-11(16)6-7-13/h3-5H,6-7H2,1-2H3,(H,14,17)(H,15,16). The van der Waals surface area contributed by atoms with Crippen molar-refractivity contribution in [2.75, 3.05) is 17.7 Å². The van der Waals surface area contributed by atoms with Crippen molar-refractivity contribution in [3.63, 3.8) is 0 Å². The number of benzene rings is 1. The van der Waals surface area contributed by atoms with Crippen molar-refractivity contribution in [3.8, 4) is 0 Å². The molecule has 5 heteroatoms. The monoisotopic (exact) mass is 298 g/mol. The lowest BCUT2D eigenvalue weighted by Crippen LogP contribution is -2.20. The molecule has 0 aliphatic heterocycles. The maximum absolute atomic E-state index is 11.6. The molecule has 92 valence electrons. The molecule has 17 heavy (non-hydrogen) atoms. The minimum Gasteiger partial charge on any atom is -0.355 e. The molecule has 1 aromatic rings. The number of amides is 2. The number of hydrogen-bond donors (Lipinski definition) is 2. The highest BCUT2D eigenvalue weighted by Crippen LogP contribution is 2.19. The summed E-state index contributed by atoms with van der Waals surface area (Å²) in [7, 11) is 1.58. The Labute approximate surface area is 109 Å². The predicted molar refractivity (Wildman–Crippen MR) is 71.6 cm³/mol. The van der Waals surface area contributed by atoms with Crippen LogP contribution in [-0.2, 0) is 4.79 Å². The second kappa shape index (κ2) is 6.39. The first-order valence-corrected chi connectivity index (χ1v) is 6.39. The smallest absolute Gasteiger partial charge is 0.251 e. The molecule has 0 aliphatic carbocycles. The van der Waals surface area contributed by atoms with Crippen molar-refractivity contribution >= 4 is 33.4 Å². The van der Waals surface area contributed by atoms with Gasteiger partial charge in [-0.15, -0.1) is 0 Å². The number of hydrogen-bond acceptors (Lipinski definition) is 2. The highest BCUT2D eigenvalue weighted by molar-refractivity contribution is 9.09. The maximum atomic E-state index is 11.6. The number of halogens is 1. The normalized spacial score (nSPS) is 9.82. The third-order valence-electron chi connectivity index (χ3n) is 2.40. The van der Waals surface area contributed by atoms with E-state index in [9.17, 15) is 9.59 Å². The number of carbonyl (C=O) groups is 2. The molecule has 4 nitrogen and oxygen atoms in total. The SMILES string of the molecule is CNC(=O)c1cccc(NC(=O)CCBr)c1C. The second-order valence-corrected chi connectivity index (χ2v) is 4.34. The predicted octanol–water partition coefficient (Wildman–Crippen LogP) is 2.08. The van der Waals surface area contributed by atoms with Gasteiger partial charge in [-0.3, -0.25) is 9.59 Å². The zero-order valence-corrected chi connectivity index (χ0v) is 11.4. The molecular formula is C12H15BrN2O2. The molecule has 0 heterocycles. The molecule has 0 spiro atoms. The average Bonchev–Trinajstić information content (AvgIpc) is 2.31. The fraction of sp³-hybridized carbons (Fsp3) is 0.333. The van der Waals surface area contributed by atoms with E-state index in [0.717, 1.165) is 5.56 Å². The van der Waals surface area contributed by atoms with E-state index in [4.69, 9.17) is 0 Å². The van der Waals surface area contributed by atoms with Crippen LogP contribution in [0.4, 0.5) is 5.69 Å². The van der Waals surface area contributed by atoms with E-state index in [1.165, 1.54) is 0 Å². The summed E-state index contributed by atoms with van der Waals surface area (Å²) < 4.78 is 0. The number of nitrogens with one attached hydrogen (secondary N) is 2. The van der Waals surface area contributed by atoms with Gasteiger partial charge in [-0.05, 0) is 24.6 Å². The van der Waals surface area contributed by atoms with Crippen LogP contribution in [0.1, 0.15) is 22.3 Å². The van der Waals surface area contributed by atoms with E-state index in [0.29, 0.717) is 23.0 Å². The number of alkyl halides is 1. The molecule has 0 fully saturated rings. The molecule has 0 bridgehead atoms. The quantitative estimate of drug-likeness (QED) is 0.836. The van der Waals surface area contributed by atoms with Gasteiger partial charge in [0.25, 0.3) is 5.91 Å². The molecule has 0 unspecified atom stereocenters. The fourth-order valence-corrected chi connectivity index (χ4v) is 1.81. The van der Waals surface area contributed by atoms with Crippen LogP contribution in [0.2, 0.25) is 0 Å². The zero-order chi connectivity index (χ0) is 12.8. The van der Waals surface area contributed by atoms with Crippen molar-refractivity contribution in [1.82, 2.24) is 5.32 Å². The largest absolute Gasteiger partial charge is 0.355 e. The summed E-state index contributed by atoms with van der Waals surface area (Å²) in [6.07, 6.45) is 0.406. The molecule has 1 rings (SSSR count). The van der Waals surface area contributed by atoms with Gasteiger partial charge in [0, 0.05) is 30.0 Å². The lowest BCUT2D eigenvalue weighted by Gasteiger charge is -2.11. The highest BCUT2D eigenvalue weighted by Gasteiger charge is 2.11. The van der Waals surface area contributed by atoms with Crippen molar-refractivity contribution in [1.29, 1.82) is 0 Å². The molecule has 2 amide bonds. The molecule has 0 aliphatic rings. The van der Waals surface area contributed by atoms with Gasteiger partial charge in [-0.25, -0.2) is 0 Å². The highest BCUT2D eigenvalue weighted by atomic mass is 79.9. The number of carbonyl (C=O) groups excluding carboxylic acids is 2. The first kappa shape index (κ1) is 13.7. The summed E-state index contributed by atoms with van der Waals surface area (Å²) in [5, 5.41) is 5.97. The van der Waals surface area contributed by atoms with Crippen LogP contribution < -0.4 is 10.6 Å². The van der Waals surface area contributed by atoms with Crippen molar-refractivity contribution in [2.45, 2.75) is 13.3 Å². The van der Waals surface area contributed by atoms with E-state index in [2.05, 4.69) is 26.6 Å². The molecule has 2 N–H and O–H groups in total. The molecule has 0 aromatic heterocycles. The lowest BCUT2D eigenvalue weighted by molar-refractivity contribution is -0.115. The van der Waals surface area contributed by atoms with Gasteiger partial charge < -0.3 is 10.6 Å². The Morgan fingerprint density at radius 3 is 2.65 bits per heavy atom. The van der Waals surface area contributed by atoms with Crippen LogP contribution in [0.25, 0.3) is 0 Å². The maximum Gasteiger partial charge on any atom is 0.251 e. The molecule has 0 saturated carbocycles. The molecule has 1 aromatic carbocycles. The summed E-state index contributed by atoms with van der Waals surface area (Å²) in [6.45, 7) is 1.81. The van der Waals surface area contributed by atoms with E-state index in [1.807, 2.05) is 6.92 Å². The Hall–Kier alpha value is -1.36. The van der Waals surface area contributed by atoms with Crippen molar-refractivity contribution < 1.29 is 9.59 Å². The van der Waals surface area contributed by atoms with E-state index < -0.39 is 0 Å². The molecule has 0 radical (unpaired) electrons. The minimum atomic E-state index is -0.154. The summed E-state index contributed by atoms with van der Waals surface area (Å²) in [4.78, 5) is 23.0. The van der Waals surface area contributed by atoms with Crippen LogP contribution >= 0.6 is 15.9 Å². The van der Waals surface area contributed by atoms with Gasteiger partial charge in [0.05, 0.1) is 0 Å². The Balaban J connectivity index is 2.94. The first-order valence-electron chi connectivity index (χ1n) is 5.27. The summed E-state index contributed by atoms with van der Waals surface area (Å²) in [5.41, 5.74) is 2.02. The second-order valence-electron chi connectivity index (χ2n) is 3.54. The van der Waals surface area contributed by atoms with Crippen LogP contribution in [-0.4, -0.2) is 24.2 Å². The molecular weight excluding hydrogens is 284 g/mol. The van der Waals surface area contributed by atoms with Gasteiger partial charge in [-0.2, -0.15) is 0 Å². The Morgan fingerprint density at radius 2 is 2.06 bits per heavy atom. The van der Waals surface area contributed by atoms with Gasteiger partial charge >= 0.3 is 0 Å². The third-order valence-corrected chi connectivity index (χ3v) is 2.80. The number of rotatable bonds is 4. The summed E-state index contributed by atoms with van der Waals surface area (Å²) in [6, 6.07) is 5.27. The zero-order valence-electron chi connectivity index (χ0n) is 9.84. The van der Waals surface area contributed by atoms with Crippen molar-refractivity contribution in [2.24, 2.45) is 0 Å². The first-order chi connectivity index (χ1) is 8.10. The molecule has 0 atom stereocenters. The summed E-state index contributed by atoms with van der Waals surface area (Å²) >= 11 is 3.21. The fourth-order valence-electron chi connectivity index (χ4n) is 1.45. The van der Waals surface area contributed by atoms with Crippen LogP contribution in [0, 0.1) is 6.92 Å². The lowest BCUT2D eigenvalue weighted by atomic mass is 10.1. The Bertz CT molecular complexity index is 433. The molecule has 0 saturated heterocycles. The third kappa shape index (κ3) is 3.56. The van der Waals surface area contributed by atoms with E-state index in [-0.39, 0.29) is 11.8 Å². The summed E-state index contributed by atoms with van der Waals surface area (Å²) in [5.74, 6) is -0.224. The van der Waals surface area contributed by atoms with Gasteiger partial charge in [0.2, 0.25) is 5.91 Å². The van der Waals surface area contributed by atoms with E-state index in [1.54, 1.807) is 25.2 Å². The van der Waals surface area contributed by atoms with Crippen LogP contribution in [0.15, 0.2) is 18.2 Å². The van der Waals surface area contributed by atoms with Crippen LogP contribution in [0.5, 0.6) is 0 Å². The van der Waals surface area contributed by atoms with Crippen LogP contribution in [0.3, 0.4) is 0 Å². The van der Waals surface area contributed by atoms with Gasteiger partial charge in [0.1, 0.15) is 0 Å². The van der Waals surface area contributed by atoms with E-state index >= 15 is 0 Å². The number of anilines is 1. The van der Waals surface area contributed by atoms with Gasteiger partial charge in [-0.1, -0.05) is 22.0 Å². The average molecular weight is 299 g/mol. The Kier molecular flexibility index (Phi) is 5.15. The van der Waals surface area contributed by atoms with Gasteiger partial charge in [0.15, 0.2) is 0 Å². The topological polar surface area (TPSA) is 58.2 Å². The van der Waals surface area contributed by atoms with Crippen molar-refractivity contribution in [3.05, 3.63) is 29.3 Å².